The van der Waals surface area contributed by atoms with Crippen molar-refractivity contribution in [2.45, 2.75) is 38.8 Å². The molecular formula is C60H46Cl2N2O8. The molecule has 2 heterocycles. The molecule has 0 aliphatic carbocycles. The van der Waals surface area contributed by atoms with Crippen molar-refractivity contribution in [3.05, 3.63) is 206 Å². The summed E-state index contributed by atoms with van der Waals surface area (Å²) in [5.41, 5.74) is 10.5. The zero-order valence-corrected chi connectivity index (χ0v) is 40.3. The van der Waals surface area contributed by atoms with Crippen molar-refractivity contribution in [2.24, 2.45) is 0 Å². The van der Waals surface area contributed by atoms with Crippen molar-refractivity contribution in [2.75, 3.05) is 0 Å². The minimum Gasteiger partial charge on any atom is -0.222 e. The van der Waals surface area contributed by atoms with E-state index < -0.39 is 20.5 Å². The second-order valence-electron chi connectivity index (χ2n) is 17.7. The second-order valence-corrected chi connectivity index (χ2v) is 19.2. The molecule has 0 saturated carbocycles. The molecule has 0 unspecified atom stereocenters. The van der Waals surface area contributed by atoms with Crippen molar-refractivity contribution in [3.8, 4) is 22.3 Å². The Morgan fingerprint density at radius 2 is 0.486 bits per heavy atom. The first kappa shape index (κ1) is 48.5. The molecule has 358 valence electrons. The average Bonchev–Trinajstić information content (AvgIpc) is 3.38. The minimum atomic E-state index is -4.94. The van der Waals surface area contributed by atoms with Gasteiger partial charge < -0.3 is 0 Å². The van der Waals surface area contributed by atoms with Crippen LogP contribution in [0.15, 0.2) is 206 Å². The van der Waals surface area contributed by atoms with E-state index in [0.717, 1.165) is 38.8 Å². The van der Waals surface area contributed by atoms with Crippen LogP contribution in [0.2, 0.25) is 0 Å². The van der Waals surface area contributed by atoms with Crippen LogP contribution in [0.1, 0.15) is 25.7 Å². The molecule has 0 aliphatic heterocycles. The summed E-state index contributed by atoms with van der Waals surface area (Å²) in [6.45, 7) is 1.90. The second kappa shape index (κ2) is 20.5. The molecule has 2 aromatic heterocycles. The molecule has 0 N–H and O–H groups in total. The number of hydrogen-bond donors (Lipinski definition) is 0. The third kappa shape index (κ3) is 10.2. The summed E-state index contributed by atoms with van der Waals surface area (Å²) >= 11 is 0. The molecule has 0 aliphatic rings. The Bertz CT molecular complexity index is 3480. The monoisotopic (exact) mass is 992 g/mol. The van der Waals surface area contributed by atoms with E-state index in [1.165, 1.54) is 109 Å². The van der Waals surface area contributed by atoms with E-state index in [9.17, 15) is 0 Å². The van der Waals surface area contributed by atoms with Crippen LogP contribution in [0, 0.1) is 20.5 Å². The van der Waals surface area contributed by atoms with Gasteiger partial charge in [0.15, 0.2) is 0 Å². The summed E-state index contributed by atoms with van der Waals surface area (Å²) in [4.78, 5) is 0. The van der Waals surface area contributed by atoms with Crippen LogP contribution < -0.4 is 46.4 Å². The fraction of sp³-hybridized carbons (Fsp3) is 0.100. The van der Waals surface area contributed by atoms with Gasteiger partial charge in [-0.05, 0) is 94.0 Å². The van der Waals surface area contributed by atoms with Crippen LogP contribution in [0.5, 0.6) is 0 Å². The first-order valence-corrected chi connectivity index (χ1v) is 26.0. The van der Waals surface area contributed by atoms with Crippen LogP contribution >= 0.6 is 0 Å². The molecule has 0 spiro atoms. The van der Waals surface area contributed by atoms with E-state index in [-0.39, 0.29) is 0 Å². The van der Waals surface area contributed by atoms with Gasteiger partial charge in [-0.25, -0.2) is 37.3 Å². The number of fused-ring (bicyclic) bond motifs is 12. The number of unbranched alkanes of at least 4 members (excludes halogenated alkanes) is 3. The highest BCUT2D eigenvalue weighted by atomic mass is 35.7. The van der Waals surface area contributed by atoms with Gasteiger partial charge in [0.1, 0.15) is 13.1 Å². The summed E-state index contributed by atoms with van der Waals surface area (Å²) in [7, 11) is -9.89. The highest BCUT2D eigenvalue weighted by Gasteiger charge is 2.27. The SMILES string of the molecule is [O-][Cl+3]([O-])([O-])[O-].[O-][Cl+3]([O-])([O-])[O-].c1ccc(-c2c3ccc4ccccc4c3[n+](CCCCCC[n+]3c4c(ccc5ccccc54)c(-c4ccccc4)c4ccc5ccccc5c43)c3c2ccc2ccccc23)cc1. The molecule has 10 nitrogen and oxygen atoms in total. The Hall–Kier alpha value is -7.16. The predicted octanol–water partition coefficient (Wildman–Crippen LogP) is 5.57. The van der Waals surface area contributed by atoms with Gasteiger partial charge in [0.05, 0.1) is 43.1 Å². The molecule has 0 fully saturated rings. The van der Waals surface area contributed by atoms with Crippen molar-refractivity contribution in [1.29, 1.82) is 0 Å². The number of halogens is 2. The number of aryl methyl sites for hydroxylation is 2. The van der Waals surface area contributed by atoms with E-state index in [1.54, 1.807) is 0 Å². The molecule has 10 aromatic carbocycles. The lowest BCUT2D eigenvalue weighted by Crippen LogP contribution is -2.68. The van der Waals surface area contributed by atoms with Crippen molar-refractivity contribution in [3.63, 3.8) is 0 Å². The number of benzene rings is 10. The van der Waals surface area contributed by atoms with Crippen LogP contribution in [0.3, 0.4) is 0 Å². The molecule has 12 heteroatoms. The Labute approximate surface area is 418 Å². The van der Waals surface area contributed by atoms with Crippen molar-refractivity contribution >= 4 is 86.7 Å². The Morgan fingerprint density at radius 1 is 0.250 bits per heavy atom. The molecule has 12 aromatic rings. The smallest absolute Gasteiger partial charge is 0.221 e. The number of hydrogen-bond acceptors (Lipinski definition) is 8. The molecule has 12 rings (SSSR count). The Kier molecular flexibility index (Phi) is 13.8. The van der Waals surface area contributed by atoms with Crippen molar-refractivity contribution < 1.29 is 66.9 Å². The zero-order valence-electron chi connectivity index (χ0n) is 38.8. The van der Waals surface area contributed by atoms with Gasteiger partial charge in [0.2, 0.25) is 22.1 Å². The molecule has 72 heavy (non-hydrogen) atoms. The normalized spacial score (nSPS) is 11.9. The molecule has 0 saturated heterocycles. The predicted molar refractivity (Wildman–Crippen MR) is 263 cm³/mol. The Morgan fingerprint density at radius 3 is 0.750 bits per heavy atom. The molecule has 0 radical (unpaired) electrons. The van der Waals surface area contributed by atoms with E-state index >= 15 is 0 Å². The van der Waals surface area contributed by atoms with E-state index in [0.29, 0.717) is 0 Å². The van der Waals surface area contributed by atoms with Gasteiger partial charge in [0, 0.05) is 24.0 Å². The zero-order chi connectivity index (χ0) is 50.0. The number of pyridine rings is 2. The summed E-state index contributed by atoms with van der Waals surface area (Å²) in [6, 6.07) is 76.5. The topological polar surface area (TPSA) is 192 Å². The van der Waals surface area contributed by atoms with E-state index in [1.807, 2.05) is 0 Å². The lowest BCUT2D eigenvalue weighted by Gasteiger charge is -2.17. The molecule has 0 bridgehead atoms. The number of rotatable bonds is 9. The van der Waals surface area contributed by atoms with Crippen molar-refractivity contribution in [1.82, 2.24) is 0 Å². The molecule has 0 atom stereocenters. The highest BCUT2D eigenvalue weighted by Crippen LogP contribution is 2.41. The minimum absolute atomic E-state index is 0.949. The maximum Gasteiger partial charge on any atom is 0.221 e. The fourth-order valence-electron chi connectivity index (χ4n) is 10.7. The first-order chi connectivity index (χ1) is 34.8. The third-order valence-electron chi connectivity index (χ3n) is 13.4. The van der Waals surface area contributed by atoms with E-state index in [4.69, 9.17) is 37.3 Å². The van der Waals surface area contributed by atoms with E-state index in [2.05, 4.69) is 215 Å². The third-order valence-corrected chi connectivity index (χ3v) is 13.4. The summed E-state index contributed by atoms with van der Waals surface area (Å²) in [6.07, 6.45) is 4.48. The van der Waals surface area contributed by atoms with Crippen LogP contribution in [0.25, 0.3) is 109 Å². The fourth-order valence-corrected chi connectivity index (χ4v) is 10.7. The van der Waals surface area contributed by atoms with Crippen LogP contribution in [-0.4, -0.2) is 0 Å². The standard InChI is InChI=1S/C60H46N2.2ClHO4/c1(17-39-61-57-47-27-13-9-19-41(47)31-35-51(57)55(45-23-5-3-6-24-45)52-36-32-42-20-10-14-28-48(42)58(52)61)2-18-40-62-59-49-29-15-11-21-43(49)33-37-53(59)56(46-25-7-4-8-26-46)54-38-34-44-22-12-16-30-50(44)60(54)62;2*2-1(3,4)5/h3-16,19-38H,1-2,17-18,39-40H2;2*(H,2,3,4,5)/q+2;;/p-2. The lowest BCUT2D eigenvalue weighted by atomic mass is 9.91. The van der Waals surface area contributed by atoms with Crippen LogP contribution in [-0.2, 0) is 13.1 Å². The first-order valence-electron chi connectivity index (χ1n) is 23.5. The van der Waals surface area contributed by atoms with Gasteiger partial charge in [-0.3, -0.25) is 0 Å². The number of nitrogens with zero attached hydrogens (tertiary/aromatic N) is 2. The van der Waals surface area contributed by atoms with Gasteiger partial charge in [-0.2, -0.15) is 9.13 Å². The van der Waals surface area contributed by atoms with Crippen LogP contribution in [0.4, 0.5) is 0 Å². The number of aromatic nitrogens is 2. The largest absolute Gasteiger partial charge is 0.222 e. The van der Waals surface area contributed by atoms with Gasteiger partial charge in [-0.1, -0.05) is 158 Å². The quantitative estimate of drug-likeness (QED) is 0.0776. The van der Waals surface area contributed by atoms with Gasteiger partial charge >= 0.3 is 0 Å². The summed E-state index contributed by atoms with van der Waals surface area (Å²) in [5, 5.41) is 15.6. The average molecular weight is 994 g/mol. The lowest BCUT2D eigenvalue weighted by molar-refractivity contribution is -2.00. The Balaban J connectivity index is 0.000000546. The summed E-state index contributed by atoms with van der Waals surface area (Å²) in [5.74, 6) is 0. The maximum atomic E-state index is 8.49. The van der Waals surface area contributed by atoms with Gasteiger partial charge in [0.25, 0.3) is 0 Å². The molecule has 0 amide bonds. The summed E-state index contributed by atoms with van der Waals surface area (Å²) < 4.78 is 73.3. The highest BCUT2D eigenvalue weighted by molar-refractivity contribution is 6.20. The molecular weight excluding hydrogens is 948 g/mol. The maximum absolute atomic E-state index is 8.49. The van der Waals surface area contributed by atoms with Gasteiger partial charge in [-0.15, -0.1) is 20.5 Å².